The average Bonchev–Trinajstić information content (AvgIpc) is 3.42. The Kier molecular flexibility index (Phi) is 4.66. The summed E-state index contributed by atoms with van der Waals surface area (Å²) < 4.78 is 17.0. The van der Waals surface area contributed by atoms with Crippen LogP contribution in [0.1, 0.15) is 28.4 Å². The van der Waals surface area contributed by atoms with E-state index in [2.05, 4.69) is 10.1 Å². The van der Waals surface area contributed by atoms with Crippen LogP contribution in [-0.2, 0) is 11.2 Å². The maximum atomic E-state index is 12.0. The Morgan fingerprint density at radius 3 is 2.68 bits per heavy atom. The molecule has 31 heavy (non-hydrogen) atoms. The van der Waals surface area contributed by atoms with Gasteiger partial charge in [-0.25, -0.2) is 9.78 Å². The van der Waals surface area contributed by atoms with Crippen molar-refractivity contribution in [1.82, 2.24) is 14.6 Å². The number of hydrogen-bond acceptors (Lipinski definition) is 7. The van der Waals surface area contributed by atoms with Crippen molar-refractivity contribution in [2.45, 2.75) is 13.3 Å². The molecule has 0 atom stereocenters. The van der Waals surface area contributed by atoms with Gasteiger partial charge in [-0.1, -0.05) is 30.3 Å². The van der Waals surface area contributed by atoms with Gasteiger partial charge >= 0.3 is 5.97 Å². The minimum atomic E-state index is -0.640. The van der Waals surface area contributed by atoms with Crippen LogP contribution >= 0.6 is 0 Å². The molecule has 0 amide bonds. The van der Waals surface area contributed by atoms with E-state index in [0.29, 0.717) is 5.65 Å². The molecule has 4 aromatic rings. The molecule has 0 aliphatic carbocycles. The number of carbonyl (C=O) groups excluding carboxylic acids is 1. The first-order chi connectivity index (χ1) is 15.1. The molecule has 0 spiro atoms. The number of hydrogen-bond donors (Lipinski definition) is 1. The smallest absolute Gasteiger partial charge is 0.345 e. The molecule has 156 valence electrons. The van der Waals surface area contributed by atoms with Crippen molar-refractivity contribution in [3.63, 3.8) is 0 Å². The molecule has 0 saturated heterocycles. The summed E-state index contributed by atoms with van der Waals surface area (Å²) in [4.78, 5) is 16.3. The lowest BCUT2D eigenvalue weighted by Crippen LogP contribution is -2.08. The van der Waals surface area contributed by atoms with Gasteiger partial charge in [-0.3, -0.25) is 0 Å². The van der Waals surface area contributed by atoms with Gasteiger partial charge in [-0.05, 0) is 42.2 Å². The van der Waals surface area contributed by atoms with Crippen LogP contribution in [-0.4, -0.2) is 39.1 Å². The van der Waals surface area contributed by atoms with E-state index in [9.17, 15) is 9.90 Å². The second-order valence-corrected chi connectivity index (χ2v) is 7.07. The Hall–Kier alpha value is -4.07. The monoisotopic (exact) mass is 417 g/mol. The van der Waals surface area contributed by atoms with Crippen LogP contribution in [0.25, 0.3) is 16.8 Å². The van der Waals surface area contributed by atoms with Crippen molar-refractivity contribution in [1.29, 1.82) is 0 Å². The Bertz CT molecular complexity index is 1280. The molecule has 2 aromatic heterocycles. The summed E-state index contributed by atoms with van der Waals surface area (Å²) >= 11 is 0. The molecule has 3 heterocycles. The molecule has 0 saturated carbocycles. The maximum Gasteiger partial charge on any atom is 0.345 e. The van der Waals surface area contributed by atoms with Crippen LogP contribution in [0.5, 0.6) is 17.4 Å². The molecule has 8 nitrogen and oxygen atoms in total. The Morgan fingerprint density at radius 2 is 1.87 bits per heavy atom. The maximum absolute atomic E-state index is 12.0. The second kappa shape index (κ2) is 7.64. The first-order valence-corrected chi connectivity index (χ1v) is 9.84. The normalized spacial score (nSPS) is 12.3. The quantitative estimate of drug-likeness (QED) is 0.496. The predicted octanol–water partition coefficient (Wildman–Crippen LogP) is 3.60. The van der Waals surface area contributed by atoms with Gasteiger partial charge in [-0.15, -0.1) is 0 Å². The van der Waals surface area contributed by atoms with Gasteiger partial charge in [0.05, 0.1) is 12.8 Å². The van der Waals surface area contributed by atoms with Crippen molar-refractivity contribution >= 4 is 11.6 Å². The molecule has 0 bridgehead atoms. The Balaban J connectivity index is 1.40. The molecule has 1 aliphatic rings. The topological polar surface area (TPSA) is 95.2 Å². The fraction of sp³-hybridized carbons (Fsp3) is 0.174. The zero-order chi connectivity index (χ0) is 21.4. The second-order valence-electron chi connectivity index (χ2n) is 7.07. The summed E-state index contributed by atoms with van der Waals surface area (Å²) in [6.45, 7) is 2.17. The van der Waals surface area contributed by atoms with Gasteiger partial charge in [0.25, 0.3) is 0 Å². The first kappa shape index (κ1) is 18.9. The van der Waals surface area contributed by atoms with Crippen LogP contribution < -0.4 is 9.47 Å². The van der Waals surface area contributed by atoms with Gasteiger partial charge in [0.15, 0.2) is 17.1 Å². The lowest BCUT2D eigenvalue weighted by molar-refractivity contribution is 0.0521. The van der Waals surface area contributed by atoms with Crippen molar-refractivity contribution in [2.75, 3.05) is 13.4 Å². The van der Waals surface area contributed by atoms with E-state index in [1.165, 1.54) is 10.7 Å². The third-order valence-corrected chi connectivity index (χ3v) is 5.11. The Labute approximate surface area is 177 Å². The van der Waals surface area contributed by atoms with Gasteiger partial charge in [-0.2, -0.15) is 9.61 Å². The SMILES string of the molecule is CCOC(=O)c1cnc2c(-c3ccc(Cc4ccc5c(c4)OCO5)cc3)cnn2c1O. The minimum Gasteiger partial charge on any atom is -0.493 e. The van der Waals surface area contributed by atoms with E-state index in [0.717, 1.165) is 40.2 Å². The lowest BCUT2D eigenvalue weighted by atomic mass is 10.0. The van der Waals surface area contributed by atoms with Gasteiger partial charge in [0.2, 0.25) is 12.7 Å². The number of benzene rings is 2. The van der Waals surface area contributed by atoms with Gasteiger partial charge in [0.1, 0.15) is 5.56 Å². The zero-order valence-corrected chi connectivity index (χ0v) is 16.7. The van der Waals surface area contributed by atoms with Crippen molar-refractivity contribution in [2.24, 2.45) is 0 Å². The molecular weight excluding hydrogens is 398 g/mol. The standard InChI is InChI=1S/C23H19N3O5/c1-2-29-23(28)18-11-24-21-17(12-25-26(21)22(18)27)16-6-3-14(4-7-16)9-15-5-8-19-20(10-15)31-13-30-19/h3-8,10-12,27H,2,9,13H2,1H3. The highest BCUT2D eigenvalue weighted by molar-refractivity contribution is 5.92. The highest BCUT2D eigenvalue weighted by Gasteiger charge is 2.19. The van der Waals surface area contributed by atoms with E-state index < -0.39 is 5.97 Å². The first-order valence-electron chi connectivity index (χ1n) is 9.84. The van der Waals surface area contributed by atoms with E-state index >= 15 is 0 Å². The van der Waals surface area contributed by atoms with Gasteiger partial charge < -0.3 is 19.3 Å². The van der Waals surface area contributed by atoms with Crippen molar-refractivity contribution in [3.8, 4) is 28.5 Å². The van der Waals surface area contributed by atoms with Gasteiger partial charge in [0, 0.05) is 11.8 Å². The Morgan fingerprint density at radius 1 is 1.10 bits per heavy atom. The summed E-state index contributed by atoms with van der Waals surface area (Å²) in [5, 5.41) is 14.6. The zero-order valence-electron chi connectivity index (χ0n) is 16.7. The van der Waals surface area contributed by atoms with E-state index in [4.69, 9.17) is 14.2 Å². The molecule has 1 aliphatic heterocycles. The van der Waals surface area contributed by atoms with Crippen molar-refractivity contribution < 1.29 is 24.1 Å². The van der Waals surface area contributed by atoms with Crippen molar-refractivity contribution in [3.05, 3.63) is 71.5 Å². The summed E-state index contributed by atoms with van der Waals surface area (Å²) in [6, 6.07) is 14.0. The number of carbonyl (C=O) groups is 1. The number of ether oxygens (including phenoxy) is 3. The van der Waals surface area contributed by atoms with Crippen LogP contribution in [0.2, 0.25) is 0 Å². The van der Waals surface area contributed by atoms with E-state index in [1.807, 2.05) is 42.5 Å². The number of fused-ring (bicyclic) bond motifs is 2. The number of nitrogens with zero attached hydrogens (tertiary/aromatic N) is 3. The highest BCUT2D eigenvalue weighted by atomic mass is 16.7. The van der Waals surface area contributed by atoms with E-state index in [1.54, 1.807) is 13.1 Å². The van der Waals surface area contributed by atoms with Crippen LogP contribution in [0.4, 0.5) is 0 Å². The third kappa shape index (κ3) is 3.42. The summed E-state index contributed by atoms with van der Waals surface area (Å²) in [7, 11) is 0. The van der Waals surface area contributed by atoms with Crippen LogP contribution in [0.3, 0.4) is 0 Å². The van der Waals surface area contributed by atoms with Crippen LogP contribution in [0, 0.1) is 0 Å². The molecule has 5 rings (SSSR count). The summed E-state index contributed by atoms with van der Waals surface area (Å²) in [6.07, 6.45) is 3.68. The minimum absolute atomic E-state index is 0.0249. The predicted molar refractivity (Wildman–Crippen MR) is 111 cm³/mol. The van der Waals surface area contributed by atoms with Crippen LogP contribution in [0.15, 0.2) is 54.9 Å². The molecule has 0 radical (unpaired) electrons. The summed E-state index contributed by atoms with van der Waals surface area (Å²) in [5.41, 5.74) is 4.35. The molecule has 8 heteroatoms. The molecule has 2 aromatic carbocycles. The third-order valence-electron chi connectivity index (χ3n) is 5.11. The molecule has 1 N–H and O–H groups in total. The fourth-order valence-electron chi connectivity index (χ4n) is 3.56. The largest absolute Gasteiger partial charge is 0.493 e. The number of rotatable bonds is 5. The average molecular weight is 417 g/mol. The number of esters is 1. The highest BCUT2D eigenvalue weighted by Crippen LogP contribution is 2.33. The van der Waals surface area contributed by atoms with E-state index in [-0.39, 0.29) is 24.8 Å². The lowest BCUT2D eigenvalue weighted by Gasteiger charge is -2.07. The molecular formula is C23H19N3O5. The molecule has 0 unspecified atom stereocenters. The fourth-order valence-corrected chi connectivity index (χ4v) is 3.56. The molecule has 0 fully saturated rings. The number of aromatic hydroxyl groups is 1. The summed E-state index contributed by atoms with van der Waals surface area (Å²) in [5.74, 6) is 0.607. The number of aromatic nitrogens is 3.